The minimum Gasteiger partial charge on any atom is -0.271 e. The summed E-state index contributed by atoms with van der Waals surface area (Å²) in [5.74, 6) is 0. The van der Waals surface area contributed by atoms with Gasteiger partial charge < -0.3 is 0 Å². The van der Waals surface area contributed by atoms with Gasteiger partial charge in [0.25, 0.3) is 5.69 Å². The third-order valence-corrected chi connectivity index (χ3v) is 6.19. The lowest BCUT2D eigenvalue weighted by Gasteiger charge is -2.15. The predicted octanol–water partition coefficient (Wildman–Crippen LogP) is 2.61. The van der Waals surface area contributed by atoms with Crippen molar-refractivity contribution in [2.45, 2.75) is 24.7 Å². The first-order chi connectivity index (χ1) is 12.9. The number of hydrogen-bond acceptors (Lipinski definition) is 7. The largest absolute Gasteiger partial charge is 0.295 e. The molecule has 10 heteroatoms. The number of nitro groups is 1. The van der Waals surface area contributed by atoms with Crippen LogP contribution >= 0.6 is 0 Å². The van der Waals surface area contributed by atoms with Crippen LogP contribution in [-0.4, -0.2) is 41.4 Å². The Kier molecular flexibility index (Phi) is 5.47. The summed E-state index contributed by atoms with van der Waals surface area (Å²) in [4.78, 5) is 14.7. The molecule has 0 saturated carbocycles. The van der Waals surface area contributed by atoms with E-state index in [2.05, 4.69) is 15.5 Å². The maximum absolute atomic E-state index is 12.6. The first-order valence-electron chi connectivity index (χ1n) is 8.39. The minimum absolute atomic E-state index is 0.0883. The van der Waals surface area contributed by atoms with Crippen LogP contribution in [0.5, 0.6) is 0 Å². The molecule has 142 valence electrons. The average Bonchev–Trinajstić information content (AvgIpc) is 3.22. The van der Waals surface area contributed by atoms with Crippen LogP contribution in [0.25, 0.3) is 0 Å². The van der Waals surface area contributed by atoms with E-state index < -0.39 is 14.9 Å². The molecule has 1 aliphatic heterocycles. The van der Waals surface area contributed by atoms with Gasteiger partial charge in [-0.15, -0.1) is 0 Å². The summed E-state index contributed by atoms with van der Waals surface area (Å²) in [6.07, 6.45) is 4.85. The molecule has 1 aromatic heterocycles. The molecule has 1 aliphatic rings. The van der Waals surface area contributed by atoms with E-state index in [1.54, 1.807) is 25.4 Å². The number of benzene rings is 1. The molecule has 1 fully saturated rings. The highest BCUT2D eigenvalue weighted by molar-refractivity contribution is 7.89. The molecule has 3 rings (SSSR count). The fraction of sp³-hybridized carbons (Fsp3) is 0.294. The lowest BCUT2D eigenvalue weighted by Crippen LogP contribution is -2.27. The number of anilines is 1. The summed E-state index contributed by atoms with van der Waals surface area (Å²) in [5, 5.41) is 15.6. The van der Waals surface area contributed by atoms with Crippen molar-refractivity contribution in [2.24, 2.45) is 5.10 Å². The summed E-state index contributed by atoms with van der Waals surface area (Å²) in [7, 11) is -3.73. The van der Waals surface area contributed by atoms with Gasteiger partial charge in [-0.3, -0.25) is 20.5 Å². The Morgan fingerprint density at radius 1 is 1.30 bits per heavy atom. The summed E-state index contributed by atoms with van der Waals surface area (Å²) in [6, 6.07) is 7.37. The Balaban J connectivity index is 1.89. The van der Waals surface area contributed by atoms with Gasteiger partial charge in [-0.25, -0.2) is 8.42 Å². The van der Waals surface area contributed by atoms with E-state index >= 15 is 0 Å². The molecule has 27 heavy (non-hydrogen) atoms. The van der Waals surface area contributed by atoms with E-state index in [1.807, 2.05) is 6.07 Å². The maximum atomic E-state index is 12.6. The molecule has 0 amide bonds. The van der Waals surface area contributed by atoms with E-state index in [0.29, 0.717) is 18.8 Å². The summed E-state index contributed by atoms with van der Waals surface area (Å²) in [5.41, 5.74) is 3.77. The first kappa shape index (κ1) is 18.9. The summed E-state index contributed by atoms with van der Waals surface area (Å²) in [6.45, 7) is 2.61. The number of aromatic nitrogens is 1. The van der Waals surface area contributed by atoms with Gasteiger partial charge in [-0.2, -0.15) is 9.41 Å². The van der Waals surface area contributed by atoms with Crippen molar-refractivity contribution in [3.05, 3.63) is 58.4 Å². The zero-order valence-electron chi connectivity index (χ0n) is 14.7. The first-order valence-corrected chi connectivity index (χ1v) is 9.83. The average molecular weight is 389 g/mol. The van der Waals surface area contributed by atoms with Crippen LogP contribution in [0, 0.1) is 10.1 Å². The van der Waals surface area contributed by atoms with Gasteiger partial charge in [0.15, 0.2) is 0 Å². The van der Waals surface area contributed by atoms with Crippen LogP contribution in [0.2, 0.25) is 0 Å². The molecule has 0 atom stereocenters. The highest BCUT2D eigenvalue weighted by Crippen LogP contribution is 2.30. The van der Waals surface area contributed by atoms with Crippen LogP contribution < -0.4 is 5.43 Å². The van der Waals surface area contributed by atoms with Crippen LogP contribution in [0.3, 0.4) is 0 Å². The molecule has 0 spiro atoms. The third-order valence-electron chi connectivity index (χ3n) is 4.29. The maximum Gasteiger partial charge on any atom is 0.295 e. The topological polar surface area (TPSA) is 118 Å². The molecule has 9 nitrogen and oxygen atoms in total. The molecule has 0 aliphatic carbocycles. The molecule has 1 aromatic carbocycles. The number of rotatable bonds is 6. The molecule has 0 unspecified atom stereocenters. The van der Waals surface area contributed by atoms with E-state index in [4.69, 9.17) is 0 Å². The van der Waals surface area contributed by atoms with E-state index in [9.17, 15) is 18.5 Å². The van der Waals surface area contributed by atoms with Crippen molar-refractivity contribution in [3.8, 4) is 0 Å². The van der Waals surface area contributed by atoms with Crippen molar-refractivity contribution in [1.82, 2.24) is 9.29 Å². The fourth-order valence-electron chi connectivity index (χ4n) is 2.78. The van der Waals surface area contributed by atoms with Crippen molar-refractivity contribution < 1.29 is 13.3 Å². The number of hydrazone groups is 1. The van der Waals surface area contributed by atoms with Gasteiger partial charge in [0.05, 0.1) is 15.5 Å². The van der Waals surface area contributed by atoms with Gasteiger partial charge in [0, 0.05) is 37.1 Å². The van der Waals surface area contributed by atoms with Crippen molar-refractivity contribution in [3.63, 3.8) is 0 Å². The Labute approximate surface area is 156 Å². The Morgan fingerprint density at radius 2 is 2.04 bits per heavy atom. The van der Waals surface area contributed by atoms with E-state index in [1.165, 1.54) is 16.4 Å². The van der Waals surface area contributed by atoms with Crippen molar-refractivity contribution >= 4 is 27.1 Å². The molecule has 2 heterocycles. The van der Waals surface area contributed by atoms with Gasteiger partial charge in [-0.05, 0) is 38.0 Å². The normalized spacial score (nSPS) is 15.7. The van der Waals surface area contributed by atoms with E-state index in [0.717, 1.165) is 24.5 Å². The number of nitrogens with zero attached hydrogens (tertiary/aromatic N) is 4. The minimum atomic E-state index is -3.73. The third kappa shape index (κ3) is 4.12. The number of nitrogens with one attached hydrogen (secondary N) is 1. The number of pyridine rings is 1. The zero-order chi connectivity index (χ0) is 19.4. The number of hydrogen-bond donors (Lipinski definition) is 1. The second kappa shape index (κ2) is 7.80. The predicted molar refractivity (Wildman–Crippen MR) is 101 cm³/mol. The monoisotopic (exact) mass is 389 g/mol. The van der Waals surface area contributed by atoms with Crippen LogP contribution in [0.1, 0.15) is 25.3 Å². The Morgan fingerprint density at radius 3 is 2.67 bits per heavy atom. The molecule has 0 bridgehead atoms. The molecule has 2 aromatic rings. The number of nitro benzene ring substituents is 1. The summed E-state index contributed by atoms with van der Waals surface area (Å²) >= 11 is 0. The molecule has 0 radical (unpaired) electrons. The quantitative estimate of drug-likeness (QED) is 0.461. The molecular weight excluding hydrogens is 370 g/mol. The van der Waals surface area contributed by atoms with Crippen LogP contribution in [0.4, 0.5) is 11.4 Å². The fourth-order valence-corrected chi connectivity index (χ4v) is 4.32. The molecule has 1 saturated heterocycles. The van der Waals surface area contributed by atoms with Gasteiger partial charge in [0.1, 0.15) is 5.69 Å². The molecule has 1 N–H and O–H groups in total. The highest BCUT2D eigenvalue weighted by atomic mass is 32.2. The van der Waals surface area contributed by atoms with Gasteiger partial charge in [0.2, 0.25) is 10.0 Å². The SMILES string of the molecule is CC(=NNc1ccc(S(=O)(=O)N2CCCC2)cc1[N+](=O)[O-])c1cccnc1. The van der Waals surface area contributed by atoms with Crippen molar-refractivity contribution in [2.75, 3.05) is 18.5 Å². The Hall–Kier alpha value is -2.85. The van der Waals surface area contributed by atoms with Crippen molar-refractivity contribution in [1.29, 1.82) is 0 Å². The second-order valence-electron chi connectivity index (χ2n) is 6.10. The van der Waals surface area contributed by atoms with Gasteiger partial charge >= 0.3 is 0 Å². The zero-order valence-corrected chi connectivity index (χ0v) is 15.5. The van der Waals surface area contributed by atoms with Crippen LogP contribution in [-0.2, 0) is 10.0 Å². The summed E-state index contributed by atoms with van der Waals surface area (Å²) < 4.78 is 26.6. The van der Waals surface area contributed by atoms with Gasteiger partial charge in [-0.1, -0.05) is 6.07 Å². The van der Waals surface area contributed by atoms with Crippen LogP contribution in [0.15, 0.2) is 52.7 Å². The molecular formula is C17H19N5O4S. The smallest absolute Gasteiger partial charge is 0.271 e. The lowest BCUT2D eigenvalue weighted by molar-refractivity contribution is -0.384. The standard InChI is InChI=1S/C17H19N5O4S/c1-13(14-5-4-8-18-12-14)19-20-16-7-6-15(11-17(16)22(23)24)27(25,26)21-9-2-3-10-21/h4-8,11-12,20H,2-3,9-10H2,1H3. The second-order valence-corrected chi connectivity index (χ2v) is 8.04. The lowest BCUT2D eigenvalue weighted by atomic mass is 10.2. The van der Waals surface area contributed by atoms with E-state index in [-0.39, 0.29) is 16.3 Å². The highest BCUT2D eigenvalue weighted by Gasteiger charge is 2.29. The Bertz CT molecular complexity index is 970. The number of sulfonamides is 1.